The predicted octanol–water partition coefficient (Wildman–Crippen LogP) is 2.29. The van der Waals surface area contributed by atoms with Crippen LogP contribution in [0.15, 0.2) is 18.2 Å². The van der Waals surface area contributed by atoms with Gasteiger partial charge >= 0.3 is 0 Å². The number of anilines is 1. The molecule has 0 aliphatic carbocycles. The minimum atomic E-state index is 0.286. The molecule has 0 aliphatic heterocycles. The quantitative estimate of drug-likeness (QED) is 0.850. The maximum Gasteiger partial charge on any atom is 0.126 e. The second-order valence-electron chi connectivity index (χ2n) is 4.37. The topological polar surface area (TPSA) is 102 Å². The highest BCUT2D eigenvalue weighted by Gasteiger charge is 2.17. The van der Waals surface area contributed by atoms with Crippen molar-refractivity contribution in [2.75, 3.05) is 5.73 Å². The zero-order chi connectivity index (χ0) is 14.9. The summed E-state index contributed by atoms with van der Waals surface area (Å²) < 4.78 is 1.72. The van der Waals surface area contributed by atoms with Gasteiger partial charge in [0.2, 0.25) is 0 Å². The van der Waals surface area contributed by atoms with E-state index in [-0.39, 0.29) is 5.56 Å². The van der Waals surface area contributed by atoms with E-state index in [1.165, 1.54) is 0 Å². The van der Waals surface area contributed by atoms with E-state index >= 15 is 0 Å². The Balaban J connectivity index is 2.75. The van der Waals surface area contributed by atoms with Gasteiger partial charge in [0.1, 0.15) is 24.0 Å². The highest BCUT2D eigenvalue weighted by atomic mass is 15.1. The summed E-state index contributed by atoms with van der Waals surface area (Å²) in [5, 5.41) is 27.1. The van der Waals surface area contributed by atoms with Crippen LogP contribution in [0.4, 0.5) is 5.82 Å². The van der Waals surface area contributed by atoms with Gasteiger partial charge in [0.05, 0.1) is 16.7 Å². The van der Waals surface area contributed by atoms with Crippen molar-refractivity contribution in [3.05, 3.63) is 46.1 Å². The van der Waals surface area contributed by atoms with Crippen LogP contribution >= 0.6 is 0 Å². The summed E-state index contributed by atoms with van der Waals surface area (Å²) in [5.41, 5.74) is 9.36. The highest BCUT2D eigenvalue weighted by Crippen LogP contribution is 2.28. The molecule has 1 heterocycles. The van der Waals surface area contributed by atoms with Crippen LogP contribution in [0.1, 0.15) is 27.9 Å². The Morgan fingerprint density at radius 1 is 1.00 bits per heavy atom. The molecule has 0 saturated carbocycles. The molecule has 2 rings (SSSR count). The molecular formula is C15H11N5. The number of nitrogens with two attached hydrogens (primary N) is 1. The van der Waals surface area contributed by atoms with Gasteiger partial charge in [-0.25, -0.2) is 0 Å². The fourth-order valence-corrected chi connectivity index (χ4v) is 2.17. The normalized spacial score (nSPS) is 9.55. The lowest BCUT2D eigenvalue weighted by atomic mass is 10.1. The first-order valence-electron chi connectivity index (χ1n) is 5.87. The van der Waals surface area contributed by atoms with E-state index in [1.807, 2.05) is 26.0 Å². The van der Waals surface area contributed by atoms with Gasteiger partial charge in [-0.15, -0.1) is 0 Å². The van der Waals surface area contributed by atoms with Crippen LogP contribution in [-0.2, 0) is 0 Å². The maximum absolute atomic E-state index is 9.13. The Morgan fingerprint density at radius 3 is 2.15 bits per heavy atom. The third kappa shape index (κ3) is 1.77. The molecule has 0 bridgehead atoms. The van der Waals surface area contributed by atoms with Gasteiger partial charge in [-0.3, -0.25) is 4.57 Å². The minimum Gasteiger partial charge on any atom is -0.384 e. The van der Waals surface area contributed by atoms with Crippen LogP contribution in [-0.4, -0.2) is 4.57 Å². The SMILES string of the molecule is Cc1c(C#N)c(N)n(-c2ccc(C#N)c(C#N)c2)c1C. The Hall–Kier alpha value is -3.23. The van der Waals surface area contributed by atoms with Gasteiger partial charge in [-0.1, -0.05) is 0 Å². The molecule has 96 valence electrons. The highest BCUT2D eigenvalue weighted by molar-refractivity contribution is 5.63. The van der Waals surface area contributed by atoms with E-state index in [2.05, 4.69) is 6.07 Å². The molecule has 0 aliphatic rings. The number of nitrogens with zero attached hydrogens (tertiary/aromatic N) is 4. The van der Waals surface area contributed by atoms with Crippen LogP contribution in [0, 0.1) is 47.8 Å². The molecule has 0 saturated heterocycles. The van der Waals surface area contributed by atoms with Crippen molar-refractivity contribution in [1.82, 2.24) is 4.57 Å². The number of hydrogen-bond donors (Lipinski definition) is 1. The van der Waals surface area contributed by atoms with Crippen molar-refractivity contribution >= 4 is 5.82 Å². The van der Waals surface area contributed by atoms with Crippen molar-refractivity contribution in [3.8, 4) is 23.9 Å². The number of nitriles is 3. The third-order valence-corrected chi connectivity index (χ3v) is 3.36. The summed E-state index contributed by atoms with van der Waals surface area (Å²) in [6.45, 7) is 3.69. The number of benzene rings is 1. The molecule has 5 nitrogen and oxygen atoms in total. The zero-order valence-electron chi connectivity index (χ0n) is 11.1. The second kappa shape index (κ2) is 4.80. The van der Waals surface area contributed by atoms with Crippen molar-refractivity contribution in [2.45, 2.75) is 13.8 Å². The predicted molar refractivity (Wildman–Crippen MR) is 73.8 cm³/mol. The van der Waals surface area contributed by atoms with Crippen molar-refractivity contribution in [3.63, 3.8) is 0 Å². The maximum atomic E-state index is 9.13. The van der Waals surface area contributed by atoms with Gasteiger partial charge < -0.3 is 5.73 Å². The molecular weight excluding hydrogens is 250 g/mol. The largest absolute Gasteiger partial charge is 0.384 e. The first-order valence-corrected chi connectivity index (χ1v) is 5.87. The molecule has 1 aromatic carbocycles. The Morgan fingerprint density at radius 2 is 1.65 bits per heavy atom. The first kappa shape index (κ1) is 13.2. The molecule has 20 heavy (non-hydrogen) atoms. The first-order chi connectivity index (χ1) is 9.54. The summed E-state index contributed by atoms with van der Waals surface area (Å²) in [4.78, 5) is 0. The lowest BCUT2D eigenvalue weighted by Crippen LogP contribution is -2.03. The molecule has 0 atom stereocenters. The molecule has 0 fully saturated rings. The number of aromatic nitrogens is 1. The van der Waals surface area contributed by atoms with Crippen molar-refractivity contribution in [1.29, 1.82) is 15.8 Å². The lowest BCUT2D eigenvalue weighted by Gasteiger charge is -2.10. The molecule has 2 aromatic rings. The molecule has 0 spiro atoms. The van der Waals surface area contributed by atoms with Gasteiger partial charge in [0, 0.05) is 11.4 Å². The molecule has 1 aromatic heterocycles. The fourth-order valence-electron chi connectivity index (χ4n) is 2.17. The fraction of sp³-hybridized carbons (Fsp3) is 0.133. The smallest absolute Gasteiger partial charge is 0.126 e. The monoisotopic (exact) mass is 261 g/mol. The van der Waals surface area contributed by atoms with E-state index in [0.29, 0.717) is 22.6 Å². The van der Waals surface area contributed by atoms with Gasteiger partial charge in [-0.05, 0) is 37.6 Å². The van der Waals surface area contributed by atoms with Crippen LogP contribution in [0.3, 0.4) is 0 Å². The van der Waals surface area contributed by atoms with Crippen LogP contribution in [0.5, 0.6) is 0 Å². The van der Waals surface area contributed by atoms with Gasteiger partial charge in [-0.2, -0.15) is 15.8 Å². The van der Waals surface area contributed by atoms with E-state index in [1.54, 1.807) is 22.8 Å². The molecule has 0 unspecified atom stereocenters. The Labute approximate surface area is 116 Å². The molecule has 0 radical (unpaired) electrons. The van der Waals surface area contributed by atoms with E-state index in [0.717, 1.165) is 11.3 Å². The van der Waals surface area contributed by atoms with Crippen LogP contribution in [0.2, 0.25) is 0 Å². The van der Waals surface area contributed by atoms with Crippen LogP contribution in [0.25, 0.3) is 5.69 Å². The molecule has 0 amide bonds. The third-order valence-electron chi connectivity index (χ3n) is 3.36. The number of nitrogen functional groups attached to an aromatic ring is 1. The van der Waals surface area contributed by atoms with E-state index in [4.69, 9.17) is 21.5 Å². The number of hydrogen-bond acceptors (Lipinski definition) is 4. The number of rotatable bonds is 1. The van der Waals surface area contributed by atoms with Gasteiger partial charge in [0.25, 0.3) is 0 Å². The Bertz CT molecular complexity index is 822. The summed E-state index contributed by atoms with van der Waals surface area (Å²) in [5.74, 6) is 0.344. The summed E-state index contributed by atoms with van der Waals surface area (Å²) in [7, 11) is 0. The lowest BCUT2D eigenvalue weighted by molar-refractivity contribution is 1.01. The molecule has 5 heteroatoms. The van der Waals surface area contributed by atoms with Crippen molar-refractivity contribution in [2.24, 2.45) is 0 Å². The van der Waals surface area contributed by atoms with Crippen molar-refractivity contribution < 1.29 is 0 Å². The standard InChI is InChI=1S/C15H11N5/c1-9-10(2)20(15(19)14(9)8-18)13-4-3-11(6-16)12(5-13)7-17/h3-5H,19H2,1-2H3. The average Bonchev–Trinajstić information content (AvgIpc) is 2.68. The summed E-state index contributed by atoms with van der Waals surface area (Å²) in [6.07, 6.45) is 0. The summed E-state index contributed by atoms with van der Waals surface area (Å²) in [6, 6.07) is 10.9. The molecule has 2 N–H and O–H groups in total. The summed E-state index contributed by atoms with van der Waals surface area (Å²) >= 11 is 0. The second-order valence-corrected chi connectivity index (χ2v) is 4.37. The zero-order valence-corrected chi connectivity index (χ0v) is 11.1. The Kier molecular flexibility index (Phi) is 3.17. The van der Waals surface area contributed by atoms with Gasteiger partial charge in [0.15, 0.2) is 0 Å². The minimum absolute atomic E-state index is 0.286. The van der Waals surface area contributed by atoms with E-state index < -0.39 is 0 Å². The average molecular weight is 261 g/mol. The van der Waals surface area contributed by atoms with Crippen LogP contribution < -0.4 is 5.73 Å². The van der Waals surface area contributed by atoms with E-state index in [9.17, 15) is 0 Å².